The van der Waals surface area contributed by atoms with Gasteiger partial charge in [-0.25, -0.2) is 0 Å². The molecule has 296 valence electrons. The molecule has 11 aromatic rings. The Kier molecular flexibility index (Phi) is 9.97. The number of anilines is 3. The van der Waals surface area contributed by atoms with Crippen LogP contribution in [0.1, 0.15) is 0 Å². The molecule has 0 aliphatic carbocycles. The maximum Gasteiger partial charge on any atom is 0.0540 e. The fourth-order valence-electron chi connectivity index (χ4n) is 9.24. The van der Waals surface area contributed by atoms with Crippen molar-refractivity contribution in [3.8, 4) is 66.8 Å². The van der Waals surface area contributed by atoms with Gasteiger partial charge in [-0.15, -0.1) is 0 Å². The summed E-state index contributed by atoms with van der Waals surface area (Å²) < 4.78 is 0. The standard InChI is InChI=1S/C62H43N/c1-3-17-44(18-4-1)46-33-37-51(38-34-46)63(52-39-35-47(36-40-52)50-32-31-45-19-7-8-22-49(45)43-50)62-42-41-60(59-29-15-16-30-61(59)62)58-28-14-13-27-57(58)56-26-12-11-25-55(56)54-24-10-9-23-53(54)48-20-5-2-6-21-48/h1-43H. The van der Waals surface area contributed by atoms with Crippen molar-refractivity contribution in [1.82, 2.24) is 0 Å². The normalized spacial score (nSPS) is 11.2. The largest absolute Gasteiger partial charge is 0.310 e. The molecule has 0 amide bonds. The SMILES string of the molecule is c1ccc(-c2ccc(N(c3ccc(-c4ccc5ccccc5c4)cc3)c3ccc(-c4ccccc4-c4ccccc4-c4ccccc4-c4ccccc4)c4ccccc34)cc2)cc1. The topological polar surface area (TPSA) is 3.24 Å². The van der Waals surface area contributed by atoms with Crippen LogP contribution in [-0.4, -0.2) is 0 Å². The Hall–Kier alpha value is -8.26. The van der Waals surface area contributed by atoms with Crippen LogP contribution in [0.2, 0.25) is 0 Å². The van der Waals surface area contributed by atoms with Gasteiger partial charge in [0.05, 0.1) is 5.69 Å². The molecule has 0 saturated heterocycles. The van der Waals surface area contributed by atoms with Gasteiger partial charge >= 0.3 is 0 Å². The predicted octanol–water partition coefficient (Wildman–Crippen LogP) is 17.5. The van der Waals surface area contributed by atoms with Crippen LogP contribution >= 0.6 is 0 Å². The second-order valence-electron chi connectivity index (χ2n) is 16.0. The van der Waals surface area contributed by atoms with Crippen molar-refractivity contribution in [3.05, 3.63) is 261 Å². The Morgan fingerprint density at radius 3 is 1.19 bits per heavy atom. The van der Waals surface area contributed by atoms with Crippen molar-refractivity contribution in [3.63, 3.8) is 0 Å². The third-order valence-electron chi connectivity index (χ3n) is 12.3. The zero-order chi connectivity index (χ0) is 42.0. The van der Waals surface area contributed by atoms with Crippen LogP contribution in [0.4, 0.5) is 17.1 Å². The van der Waals surface area contributed by atoms with Crippen molar-refractivity contribution < 1.29 is 0 Å². The highest BCUT2D eigenvalue weighted by Crippen LogP contribution is 2.46. The van der Waals surface area contributed by atoms with Crippen molar-refractivity contribution in [2.75, 3.05) is 4.90 Å². The minimum atomic E-state index is 1.09. The molecule has 0 saturated carbocycles. The second-order valence-corrected chi connectivity index (χ2v) is 16.0. The molecule has 0 radical (unpaired) electrons. The van der Waals surface area contributed by atoms with Gasteiger partial charge in [0.15, 0.2) is 0 Å². The lowest BCUT2D eigenvalue weighted by molar-refractivity contribution is 1.30. The third kappa shape index (κ3) is 7.26. The van der Waals surface area contributed by atoms with Crippen LogP contribution in [0.5, 0.6) is 0 Å². The lowest BCUT2D eigenvalue weighted by Gasteiger charge is -2.28. The first kappa shape index (κ1) is 37.7. The number of nitrogens with zero attached hydrogens (tertiary/aromatic N) is 1. The number of benzene rings is 11. The molecule has 1 heteroatoms. The predicted molar refractivity (Wildman–Crippen MR) is 269 cm³/mol. The lowest BCUT2D eigenvalue weighted by Crippen LogP contribution is -2.10. The van der Waals surface area contributed by atoms with Crippen molar-refractivity contribution in [2.45, 2.75) is 0 Å². The Morgan fingerprint density at radius 2 is 0.603 bits per heavy atom. The van der Waals surface area contributed by atoms with Gasteiger partial charge in [0.1, 0.15) is 0 Å². The van der Waals surface area contributed by atoms with E-state index in [4.69, 9.17) is 0 Å². The van der Waals surface area contributed by atoms with Crippen molar-refractivity contribution in [1.29, 1.82) is 0 Å². The van der Waals surface area contributed by atoms with Crippen LogP contribution in [0.25, 0.3) is 88.3 Å². The molecule has 0 aromatic heterocycles. The Labute approximate surface area is 369 Å². The average molecular weight is 802 g/mol. The first-order valence-corrected chi connectivity index (χ1v) is 21.7. The third-order valence-corrected chi connectivity index (χ3v) is 12.3. The van der Waals surface area contributed by atoms with E-state index >= 15 is 0 Å². The van der Waals surface area contributed by atoms with E-state index in [1.54, 1.807) is 0 Å². The summed E-state index contributed by atoms with van der Waals surface area (Å²) in [6, 6.07) is 94.6. The molecule has 0 unspecified atom stereocenters. The summed E-state index contributed by atoms with van der Waals surface area (Å²) in [5.74, 6) is 0. The van der Waals surface area contributed by atoms with Gasteiger partial charge in [0, 0.05) is 16.8 Å². The van der Waals surface area contributed by atoms with Gasteiger partial charge < -0.3 is 4.90 Å². The van der Waals surface area contributed by atoms with Gasteiger partial charge in [-0.3, -0.25) is 0 Å². The highest BCUT2D eigenvalue weighted by Gasteiger charge is 2.20. The maximum absolute atomic E-state index is 2.41. The number of rotatable bonds is 9. The zero-order valence-electron chi connectivity index (χ0n) is 34.8. The Morgan fingerprint density at radius 1 is 0.206 bits per heavy atom. The summed E-state index contributed by atoms with van der Waals surface area (Å²) in [6.07, 6.45) is 0. The molecule has 11 rings (SSSR count). The minimum Gasteiger partial charge on any atom is -0.310 e. The molecular formula is C62H43N. The van der Waals surface area contributed by atoms with E-state index in [2.05, 4.69) is 266 Å². The molecule has 0 aliphatic heterocycles. The van der Waals surface area contributed by atoms with E-state index in [-0.39, 0.29) is 0 Å². The molecule has 0 heterocycles. The fraction of sp³-hybridized carbons (Fsp3) is 0. The number of hydrogen-bond donors (Lipinski definition) is 0. The van der Waals surface area contributed by atoms with Gasteiger partial charge in [-0.05, 0) is 119 Å². The Bertz CT molecular complexity index is 3370. The summed E-state index contributed by atoms with van der Waals surface area (Å²) in [6.45, 7) is 0. The summed E-state index contributed by atoms with van der Waals surface area (Å²) >= 11 is 0. The lowest BCUT2D eigenvalue weighted by atomic mass is 9.85. The van der Waals surface area contributed by atoms with Crippen LogP contribution in [-0.2, 0) is 0 Å². The molecular weight excluding hydrogens is 759 g/mol. The second kappa shape index (κ2) is 16.7. The summed E-state index contributed by atoms with van der Waals surface area (Å²) in [5.41, 5.74) is 17.8. The first-order chi connectivity index (χ1) is 31.3. The smallest absolute Gasteiger partial charge is 0.0540 e. The molecule has 0 bridgehead atoms. The van der Waals surface area contributed by atoms with E-state index in [0.717, 1.165) is 17.1 Å². The molecule has 11 aromatic carbocycles. The number of fused-ring (bicyclic) bond motifs is 2. The van der Waals surface area contributed by atoms with E-state index < -0.39 is 0 Å². The monoisotopic (exact) mass is 801 g/mol. The molecule has 0 fully saturated rings. The maximum atomic E-state index is 2.41. The summed E-state index contributed by atoms with van der Waals surface area (Å²) in [4.78, 5) is 2.41. The number of hydrogen-bond acceptors (Lipinski definition) is 1. The molecule has 0 aliphatic rings. The first-order valence-electron chi connectivity index (χ1n) is 21.7. The zero-order valence-corrected chi connectivity index (χ0v) is 34.8. The minimum absolute atomic E-state index is 1.09. The highest BCUT2D eigenvalue weighted by molar-refractivity contribution is 6.09. The van der Waals surface area contributed by atoms with Gasteiger partial charge in [0.2, 0.25) is 0 Å². The highest BCUT2D eigenvalue weighted by atomic mass is 15.1. The molecule has 0 N–H and O–H groups in total. The van der Waals surface area contributed by atoms with E-state index in [9.17, 15) is 0 Å². The molecule has 0 atom stereocenters. The summed E-state index contributed by atoms with van der Waals surface area (Å²) in [7, 11) is 0. The summed E-state index contributed by atoms with van der Waals surface area (Å²) in [5, 5.41) is 4.87. The van der Waals surface area contributed by atoms with Gasteiger partial charge in [0.25, 0.3) is 0 Å². The Balaban J connectivity index is 1.05. The van der Waals surface area contributed by atoms with Crippen LogP contribution in [0, 0.1) is 0 Å². The average Bonchev–Trinajstić information content (AvgIpc) is 3.37. The van der Waals surface area contributed by atoms with Crippen molar-refractivity contribution >= 4 is 38.6 Å². The van der Waals surface area contributed by atoms with Gasteiger partial charge in [-0.2, -0.15) is 0 Å². The molecule has 1 nitrogen and oxygen atoms in total. The molecule has 0 spiro atoms. The van der Waals surface area contributed by atoms with Crippen LogP contribution in [0.15, 0.2) is 261 Å². The quantitative estimate of drug-likeness (QED) is 0.141. The van der Waals surface area contributed by atoms with Crippen LogP contribution in [0.3, 0.4) is 0 Å². The molecule has 63 heavy (non-hydrogen) atoms. The van der Waals surface area contributed by atoms with E-state index in [1.807, 2.05) is 0 Å². The van der Waals surface area contributed by atoms with Crippen molar-refractivity contribution in [2.24, 2.45) is 0 Å². The van der Waals surface area contributed by atoms with Crippen LogP contribution < -0.4 is 4.90 Å². The fourth-order valence-corrected chi connectivity index (χ4v) is 9.24. The van der Waals surface area contributed by atoms with E-state index in [0.29, 0.717) is 0 Å². The van der Waals surface area contributed by atoms with Gasteiger partial charge in [-0.1, -0.05) is 224 Å². The van der Waals surface area contributed by atoms with E-state index in [1.165, 1.54) is 88.3 Å².